The molecular formula is C8H12O6. The molecule has 0 spiro atoms. The Morgan fingerprint density at radius 3 is 2.93 bits per heavy atom. The third-order valence-electron chi connectivity index (χ3n) is 1.59. The van der Waals surface area contributed by atoms with E-state index in [0.29, 0.717) is 13.0 Å². The van der Waals surface area contributed by atoms with Crippen molar-refractivity contribution in [3.63, 3.8) is 0 Å². The topological polar surface area (TPSA) is 71.1 Å². The maximum atomic E-state index is 11.1. The number of carbonyl (C=O) groups is 2. The van der Waals surface area contributed by atoms with Crippen molar-refractivity contribution in [2.24, 2.45) is 0 Å². The lowest BCUT2D eigenvalue weighted by molar-refractivity contribution is -0.152. The minimum absolute atomic E-state index is 0.0675. The molecule has 6 nitrogen and oxygen atoms in total. The summed E-state index contributed by atoms with van der Waals surface area (Å²) in [5.74, 6) is -0.577. The van der Waals surface area contributed by atoms with Crippen molar-refractivity contribution in [1.29, 1.82) is 0 Å². The molecule has 0 saturated carbocycles. The van der Waals surface area contributed by atoms with Gasteiger partial charge in [-0.1, -0.05) is 0 Å². The fraction of sp³-hybridized carbons (Fsp3) is 0.750. The number of rotatable bonds is 5. The van der Waals surface area contributed by atoms with Crippen molar-refractivity contribution in [3.05, 3.63) is 0 Å². The average molecular weight is 204 g/mol. The van der Waals surface area contributed by atoms with Crippen LogP contribution in [-0.4, -0.2) is 45.2 Å². The van der Waals surface area contributed by atoms with Crippen molar-refractivity contribution in [2.45, 2.75) is 12.5 Å². The fourth-order valence-corrected chi connectivity index (χ4v) is 0.913. The van der Waals surface area contributed by atoms with Gasteiger partial charge in [-0.15, -0.1) is 0 Å². The second kappa shape index (κ2) is 5.43. The van der Waals surface area contributed by atoms with E-state index in [1.54, 1.807) is 7.11 Å². The first-order valence-corrected chi connectivity index (χ1v) is 4.23. The molecule has 0 amide bonds. The molecule has 0 aliphatic carbocycles. The molecule has 0 radical (unpaired) electrons. The van der Waals surface area contributed by atoms with E-state index in [9.17, 15) is 9.59 Å². The first-order chi connectivity index (χ1) is 6.74. The Balaban J connectivity index is 2.12. The van der Waals surface area contributed by atoms with Gasteiger partial charge in [0.05, 0.1) is 6.61 Å². The van der Waals surface area contributed by atoms with Gasteiger partial charge in [0.25, 0.3) is 0 Å². The van der Waals surface area contributed by atoms with E-state index in [1.165, 1.54) is 0 Å². The lowest BCUT2D eigenvalue weighted by Crippen LogP contribution is -2.26. The summed E-state index contributed by atoms with van der Waals surface area (Å²) in [6, 6.07) is 0. The Labute approximate surface area is 81.1 Å². The molecule has 0 bridgehead atoms. The van der Waals surface area contributed by atoms with Crippen LogP contribution in [0.1, 0.15) is 6.42 Å². The fourth-order valence-electron chi connectivity index (χ4n) is 0.913. The van der Waals surface area contributed by atoms with Gasteiger partial charge in [0.2, 0.25) is 6.10 Å². The van der Waals surface area contributed by atoms with Crippen molar-refractivity contribution >= 4 is 12.1 Å². The number of carbonyl (C=O) groups excluding carboxylic acids is 2. The normalized spacial score (nSPS) is 20.1. The smallest absolute Gasteiger partial charge is 0.463 e. The third kappa shape index (κ3) is 3.21. The van der Waals surface area contributed by atoms with Crippen molar-refractivity contribution in [1.82, 2.24) is 0 Å². The van der Waals surface area contributed by atoms with Gasteiger partial charge in [-0.25, -0.2) is 9.59 Å². The van der Waals surface area contributed by atoms with Gasteiger partial charge in [-0.3, -0.25) is 0 Å². The zero-order valence-corrected chi connectivity index (χ0v) is 7.86. The molecule has 14 heavy (non-hydrogen) atoms. The molecule has 1 aliphatic heterocycles. The molecule has 1 saturated heterocycles. The predicted octanol–water partition coefficient (Wildman–Crippen LogP) is 0.101. The number of cyclic esters (lactones) is 2. The van der Waals surface area contributed by atoms with Crippen molar-refractivity contribution in [3.8, 4) is 0 Å². The monoisotopic (exact) mass is 204 g/mol. The van der Waals surface area contributed by atoms with Gasteiger partial charge in [-0.05, 0) is 0 Å². The van der Waals surface area contributed by atoms with Crippen LogP contribution in [0.25, 0.3) is 0 Å². The summed E-state index contributed by atoms with van der Waals surface area (Å²) in [6.45, 7) is 0.705. The standard InChI is InChI=1S/C8H12O6/c1-11-3-2-4-12-7(9)6-5-13-8(10)14-6/h6H,2-5H2,1H3. The SMILES string of the molecule is COCCCOC(=O)C1COC(=O)O1. The minimum Gasteiger partial charge on any atom is -0.463 e. The summed E-state index contributed by atoms with van der Waals surface area (Å²) in [6.07, 6.45) is -1.13. The van der Waals surface area contributed by atoms with Crippen LogP contribution in [0, 0.1) is 0 Å². The Morgan fingerprint density at radius 1 is 1.57 bits per heavy atom. The Hall–Kier alpha value is -1.30. The molecule has 0 N–H and O–H groups in total. The van der Waals surface area contributed by atoms with Gasteiger partial charge in [0.15, 0.2) is 0 Å². The molecule has 0 aromatic rings. The van der Waals surface area contributed by atoms with E-state index in [1.807, 2.05) is 0 Å². The summed E-state index contributed by atoms with van der Waals surface area (Å²) < 4.78 is 18.5. The van der Waals surface area contributed by atoms with Crippen LogP contribution in [-0.2, 0) is 23.7 Å². The molecule has 1 unspecified atom stereocenters. The number of hydrogen-bond donors (Lipinski definition) is 0. The van der Waals surface area contributed by atoms with Crippen LogP contribution < -0.4 is 0 Å². The highest BCUT2D eigenvalue weighted by molar-refractivity contribution is 5.79. The molecule has 1 rings (SSSR count). The number of hydrogen-bond acceptors (Lipinski definition) is 6. The number of esters is 1. The third-order valence-corrected chi connectivity index (χ3v) is 1.59. The van der Waals surface area contributed by atoms with E-state index in [-0.39, 0.29) is 13.2 Å². The molecular weight excluding hydrogens is 192 g/mol. The van der Waals surface area contributed by atoms with E-state index in [4.69, 9.17) is 9.47 Å². The molecule has 0 aromatic heterocycles. The van der Waals surface area contributed by atoms with Gasteiger partial charge >= 0.3 is 12.1 Å². The van der Waals surface area contributed by atoms with E-state index in [2.05, 4.69) is 9.47 Å². The summed E-state index contributed by atoms with van der Waals surface area (Å²) >= 11 is 0. The summed E-state index contributed by atoms with van der Waals surface area (Å²) in [4.78, 5) is 21.6. The molecule has 80 valence electrons. The van der Waals surface area contributed by atoms with Gasteiger partial charge < -0.3 is 18.9 Å². The molecule has 1 aliphatic rings. The van der Waals surface area contributed by atoms with Gasteiger partial charge in [0.1, 0.15) is 6.61 Å². The first kappa shape index (κ1) is 10.8. The molecule has 1 atom stereocenters. The Morgan fingerprint density at radius 2 is 2.36 bits per heavy atom. The zero-order chi connectivity index (χ0) is 10.4. The van der Waals surface area contributed by atoms with Gasteiger partial charge in [0, 0.05) is 20.1 Å². The van der Waals surface area contributed by atoms with Crippen LogP contribution in [0.5, 0.6) is 0 Å². The second-order valence-electron chi connectivity index (χ2n) is 2.68. The molecule has 1 heterocycles. The lowest BCUT2D eigenvalue weighted by atomic mass is 10.4. The maximum Gasteiger partial charge on any atom is 0.509 e. The quantitative estimate of drug-likeness (QED) is 0.467. The van der Waals surface area contributed by atoms with Crippen molar-refractivity contribution in [2.75, 3.05) is 26.9 Å². The highest BCUT2D eigenvalue weighted by Crippen LogP contribution is 2.07. The Bertz CT molecular complexity index is 214. The highest BCUT2D eigenvalue weighted by Gasteiger charge is 2.32. The van der Waals surface area contributed by atoms with Crippen LogP contribution in [0.3, 0.4) is 0 Å². The number of ether oxygens (including phenoxy) is 4. The van der Waals surface area contributed by atoms with Crippen LogP contribution in [0.4, 0.5) is 4.79 Å². The van der Waals surface area contributed by atoms with E-state index < -0.39 is 18.2 Å². The summed E-state index contributed by atoms with van der Waals surface area (Å²) in [7, 11) is 1.56. The van der Waals surface area contributed by atoms with Gasteiger partial charge in [-0.2, -0.15) is 0 Å². The van der Waals surface area contributed by atoms with Crippen LogP contribution in [0.15, 0.2) is 0 Å². The van der Waals surface area contributed by atoms with E-state index >= 15 is 0 Å². The molecule has 1 fully saturated rings. The lowest BCUT2D eigenvalue weighted by Gasteiger charge is -2.06. The zero-order valence-electron chi connectivity index (χ0n) is 7.86. The molecule has 0 aromatic carbocycles. The van der Waals surface area contributed by atoms with Crippen LogP contribution >= 0.6 is 0 Å². The summed E-state index contributed by atoms with van der Waals surface area (Å²) in [5.41, 5.74) is 0. The summed E-state index contributed by atoms with van der Waals surface area (Å²) in [5, 5.41) is 0. The Kier molecular flexibility index (Phi) is 4.18. The predicted molar refractivity (Wildman–Crippen MR) is 43.7 cm³/mol. The number of methoxy groups -OCH3 is 1. The largest absolute Gasteiger partial charge is 0.509 e. The second-order valence-corrected chi connectivity index (χ2v) is 2.68. The van der Waals surface area contributed by atoms with Crippen LogP contribution in [0.2, 0.25) is 0 Å². The highest BCUT2D eigenvalue weighted by atomic mass is 16.8. The van der Waals surface area contributed by atoms with E-state index in [0.717, 1.165) is 0 Å². The maximum absolute atomic E-state index is 11.1. The minimum atomic E-state index is -0.912. The first-order valence-electron chi connectivity index (χ1n) is 4.23. The van der Waals surface area contributed by atoms with Crippen molar-refractivity contribution < 1.29 is 28.5 Å². The molecule has 6 heteroatoms. The average Bonchev–Trinajstić information content (AvgIpc) is 2.59.